The van der Waals surface area contributed by atoms with Gasteiger partial charge in [0.05, 0.1) is 13.7 Å². The van der Waals surface area contributed by atoms with Gasteiger partial charge in [-0.05, 0) is 31.1 Å². The summed E-state index contributed by atoms with van der Waals surface area (Å²) in [6.45, 7) is 4.92. The van der Waals surface area contributed by atoms with Crippen molar-refractivity contribution in [2.24, 2.45) is 11.8 Å². The number of ether oxygens (including phenoxy) is 2. The van der Waals surface area contributed by atoms with Crippen molar-refractivity contribution in [3.8, 4) is 0 Å². The normalized spacial score (nSPS) is 43.6. The van der Waals surface area contributed by atoms with Crippen LogP contribution in [-0.4, -0.2) is 31.5 Å². The Morgan fingerprint density at radius 1 is 1.38 bits per heavy atom. The highest BCUT2D eigenvalue weighted by molar-refractivity contribution is 5.76. The van der Waals surface area contributed by atoms with Crippen LogP contribution in [0.2, 0.25) is 0 Å². The fraction of sp³-hybridized carbons (Fsp3) is 0.917. The van der Waals surface area contributed by atoms with Crippen molar-refractivity contribution in [1.29, 1.82) is 0 Å². The molecule has 2 rings (SSSR count). The lowest BCUT2D eigenvalue weighted by Crippen LogP contribution is -2.51. The van der Waals surface area contributed by atoms with E-state index in [0.717, 1.165) is 12.8 Å². The largest absolute Gasteiger partial charge is 0.468 e. The quantitative estimate of drug-likeness (QED) is 0.686. The van der Waals surface area contributed by atoms with Crippen LogP contribution >= 0.6 is 0 Å². The van der Waals surface area contributed by atoms with Crippen LogP contribution in [0.15, 0.2) is 0 Å². The lowest BCUT2D eigenvalue weighted by Gasteiger charge is -2.39. The first-order chi connectivity index (χ1) is 7.54. The summed E-state index contributed by atoms with van der Waals surface area (Å²) in [4.78, 5) is 11.4. The minimum absolute atomic E-state index is 0.220. The number of rotatable bonds is 1. The maximum absolute atomic E-state index is 11.4. The average Bonchev–Trinajstić information content (AvgIpc) is 2.58. The van der Waals surface area contributed by atoms with Gasteiger partial charge in [-0.2, -0.15) is 0 Å². The zero-order chi connectivity index (χ0) is 11.8. The number of carbonyl (C=O) groups is 1. The molecular weight excluding hydrogens is 206 g/mol. The Hall–Kier alpha value is -0.610. The molecule has 0 radical (unpaired) electrons. The van der Waals surface area contributed by atoms with E-state index in [1.54, 1.807) is 0 Å². The SMILES string of the molecule is COC(=O)C1COC2(CC(C)CC(C)C2)N1. The third-order valence-electron chi connectivity index (χ3n) is 3.61. The molecule has 1 spiro atoms. The Morgan fingerprint density at radius 3 is 2.56 bits per heavy atom. The number of nitrogens with one attached hydrogen (secondary N) is 1. The van der Waals surface area contributed by atoms with E-state index in [-0.39, 0.29) is 17.7 Å². The lowest BCUT2D eigenvalue weighted by molar-refractivity contribution is -0.142. The summed E-state index contributed by atoms with van der Waals surface area (Å²) < 4.78 is 10.6. The van der Waals surface area contributed by atoms with Crippen LogP contribution in [0.5, 0.6) is 0 Å². The molecule has 4 heteroatoms. The molecule has 1 N–H and O–H groups in total. The minimum Gasteiger partial charge on any atom is -0.468 e. The molecule has 16 heavy (non-hydrogen) atoms. The fourth-order valence-electron chi connectivity index (χ4n) is 3.21. The first kappa shape index (κ1) is 11.9. The Labute approximate surface area is 96.7 Å². The second kappa shape index (κ2) is 4.34. The van der Waals surface area contributed by atoms with E-state index < -0.39 is 0 Å². The third kappa shape index (κ3) is 2.23. The van der Waals surface area contributed by atoms with E-state index >= 15 is 0 Å². The van der Waals surface area contributed by atoms with Crippen molar-refractivity contribution in [3.05, 3.63) is 0 Å². The van der Waals surface area contributed by atoms with Gasteiger partial charge in [0.15, 0.2) is 0 Å². The highest BCUT2D eigenvalue weighted by atomic mass is 16.5. The molecule has 1 aliphatic carbocycles. The van der Waals surface area contributed by atoms with E-state index in [1.807, 2.05) is 0 Å². The summed E-state index contributed by atoms with van der Waals surface area (Å²) in [5, 5.41) is 3.32. The molecule has 0 bridgehead atoms. The van der Waals surface area contributed by atoms with Crippen LogP contribution in [0, 0.1) is 11.8 Å². The zero-order valence-electron chi connectivity index (χ0n) is 10.3. The lowest BCUT2D eigenvalue weighted by atomic mass is 9.78. The summed E-state index contributed by atoms with van der Waals surface area (Å²) in [6.07, 6.45) is 3.23. The molecule has 1 heterocycles. The van der Waals surface area contributed by atoms with Crippen molar-refractivity contribution >= 4 is 5.97 Å². The minimum atomic E-state index is -0.289. The van der Waals surface area contributed by atoms with Gasteiger partial charge < -0.3 is 9.47 Å². The Morgan fingerprint density at radius 2 is 2.00 bits per heavy atom. The molecule has 1 aliphatic heterocycles. The van der Waals surface area contributed by atoms with Crippen molar-refractivity contribution < 1.29 is 14.3 Å². The molecule has 0 aromatic carbocycles. The molecule has 3 unspecified atom stereocenters. The van der Waals surface area contributed by atoms with Crippen molar-refractivity contribution in [1.82, 2.24) is 5.32 Å². The third-order valence-corrected chi connectivity index (χ3v) is 3.61. The van der Waals surface area contributed by atoms with Gasteiger partial charge in [-0.25, -0.2) is 0 Å². The average molecular weight is 227 g/mol. The summed E-state index contributed by atoms with van der Waals surface area (Å²) >= 11 is 0. The number of hydrogen-bond acceptors (Lipinski definition) is 4. The maximum atomic E-state index is 11.4. The molecule has 0 aromatic heterocycles. The van der Waals surface area contributed by atoms with Gasteiger partial charge in [0, 0.05) is 0 Å². The van der Waals surface area contributed by atoms with Crippen LogP contribution in [0.1, 0.15) is 33.1 Å². The van der Waals surface area contributed by atoms with Gasteiger partial charge in [-0.3, -0.25) is 10.1 Å². The second-order valence-corrected chi connectivity index (χ2v) is 5.38. The van der Waals surface area contributed by atoms with Gasteiger partial charge in [-0.1, -0.05) is 13.8 Å². The zero-order valence-corrected chi connectivity index (χ0v) is 10.3. The highest BCUT2D eigenvalue weighted by Crippen LogP contribution is 2.39. The summed E-state index contributed by atoms with van der Waals surface area (Å²) in [7, 11) is 1.42. The van der Waals surface area contributed by atoms with Gasteiger partial charge in [-0.15, -0.1) is 0 Å². The Bertz CT molecular complexity index is 269. The van der Waals surface area contributed by atoms with E-state index in [0.29, 0.717) is 18.4 Å². The topological polar surface area (TPSA) is 47.6 Å². The smallest absolute Gasteiger partial charge is 0.325 e. The van der Waals surface area contributed by atoms with E-state index in [2.05, 4.69) is 19.2 Å². The first-order valence-corrected chi connectivity index (χ1v) is 6.04. The van der Waals surface area contributed by atoms with Crippen LogP contribution < -0.4 is 5.32 Å². The number of hydrogen-bond donors (Lipinski definition) is 1. The predicted octanol–water partition coefficient (Wildman–Crippen LogP) is 1.30. The van der Waals surface area contributed by atoms with Crippen LogP contribution in [-0.2, 0) is 14.3 Å². The van der Waals surface area contributed by atoms with Crippen molar-refractivity contribution in [2.45, 2.75) is 44.9 Å². The van der Waals surface area contributed by atoms with Crippen LogP contribution in [0.3, 0.4) is 0 Å². The predicted molar refractivity (Wildman–Crippen MR) is 59.8 cm³/mol. The molecular formula is C12H21NO3. The molecule has 92 valence electrons. The number of carbonyl (C=O) groups excluding carboxylic acids is 1. The van der Waals surface area contributed by atoms with E-state index in [1.165, 1.54) is 13.5 Å². The van der Waals surface area contributed by atoms with Gasteiger partial charge in [0.1, 0.15) is 11.8 Å². The fourth-order valence-corrected chi connectivity index (χ4v) is 3.21. The van der Waals surface area contributed by atoms with E-state index in [4.69, 9.17) is 9.47 Å². The summed E-state index contributed by atoms with van der Waals surface area (Å²) in [5.74, 6) is 1.07. The van der Waals surface area contributed by atoms with E-state index in [9.17, 15) is 4.79 Å². The number of methoxy groups -OCH3 is 1. The van der Waals surface area contributed by atoms with Gasteiger partial charge >= 0.3 is 5.97 Å². The van der Waals surface area contributed by atoms with Crippen LogP contribution in [0.25, 0.3) is 0 Å². The van der Waals surface area contributed by atoms with Gasteiger partial charge in [0.2, 0.25) is 0 Å². The maximum Gasteiger partial charge on any atom is 0.325 e. The highest BCUT2D eigenvalue weighted by Gasteiger charge is 2.46. The Kier molecular flexibility index (Phi) is 3.22. The van der Waals surface area contributed by atoms with Crippen molar-refractivity contribution in [3.63, 3.8) is 0 Å². The Balaban J connectivity index is 2.02. The van der Waals surface area contributed by atoms with Crippen LogP contribution in [0.4, 0.5) is 0 Å². The number of esters is 1. The van der Waals surface area contributed by atoms with Crippen molar-refractivity contribution in [2.75, 3.05) is 13.7 Å². The molecule has 1 saturated carbocycles. The molecule has 2 fully saturated rings. The molecule has 2 aliphatic rings. The standard InChI is InChI=1S/C12H21NO3/c1-8-4-9(2)6-12(5-8)13-10(7-16-12)11(14)15-3/h8-10,13H,4-7H2,1-3H3. The first-order valence-electron chi connectivity index (χ1n) is 6.04. The summed E-state index contributed by atoms with van der Waals surface area (Å²) in [5.41, 5.74) is -0.282. The molecule has 3 atom stereocenters. The molecule has 0 aromatic rings. The second-order valence-electron chi connectivity index (χ2n) is 5.38. The van der Waals surface area contributed by atoms with Gasteiger partial charge in [0.25, 0.3) is 0 Å². The summed E-state index contributed by atoms with van der Waals surface area (Å²) in [6, 6.07) is -0.289. The molecule has 1 saturated heterocycles. The monoisotopic (exact) mass is 227 g/mol. The molecule has 0 amide bonds. The molecule has 4 nitrogen and oxygen atoms in total.